The van der Waals surface area contributed by atoms with E-state index < -0.39 is 10.0 Å². The number of hydrogen-bond donors (Lipinski definition) is 1. The van der Waals surface area contributed by atoms with Crippen molar-refractivity contribution in [3.05, 3.63) is 36.2 Å². The average Bonchev–Trinajstić information content (AvgIpc) is 2.96. The summed E-state index contributed by atoms with van der Waals surface area (Å²) in [6.45, 7) is 2.93. The zero-order valence-electron chi connectivity index (χ0n) is 13.4. The van der Waals surface area contributed by atoms with E-state index in [4.69, 9.17) is 9.47 Å². The standard InChI is InChI=1S/C15H21N3O4S/c1-12-10-16-18(11-12)8-4-7-17-23(19,20)15-6-5-13(21-2)9-14(15)22-3/h5-6,9-11,17H,4,7-8H2,1-3H3. The molecule has 0 atom stereocenters. The number of aromatic nitrogens is 2. The average molecular weight is 339 g/mol. The van der Waals surface area contributed by atoms with E-state index in [0.717, 1.165) is 5.56 Å². The molecule has 0 aliphatic rings. The van der Waals surface area contributed by atoms with Gasteiger partial charge in [0, 0.05) is 25.4 Å². The normalized spacial score (nSPS) is 11.4. The van der Waals surface area contributed by atoms with Crippen LogP contribution in [0.2, 0.25) is 0 Å². The Bertz CT molecular complexity index is 756. The molecule has 7 nitrogen and oxygen atoms in total. The SMILES string of the molecule is COc1ccc(S(=O)(=O)NCCCn2cc(C)cn2)c(OC)c1. The molecule has 23 heavy (non-hydrogen) atoms. The Hall–Kier alpha value is -2.06. The number of ether oxygens (including phenoxy) is 2. The lowest BCUT2D eigenvalue weighted by Gasteiger charge is -2.12. The van der Waals surface area contributed by atoms with Crippen molar-refractivity contribution in [2.75, 3.05) is 20.8 Å². The first kappa shape index (κ1) is 17.3. The molecule has 0 saturated carbocycles. The summed E-state index contributed by atoms with van der Waals surface area (Å²) in [4.78, 5) is 0.0933. The Kier molecular flexibility index (Phi) is 5.62. The molecule has 1 aromatic heterocycles. The second-order valence-corrected chi connectivity index (χ2v) is 6.78. The number of aryl methyl sites for hydroxylation is 2. The molecule has 2 rings (SSSR count). The molecule has 8 heteroatoms. The van der Waals surface area contributed by atoms with Crippen molar-refractivity contribution in [2.24, 2.45) is 0 Å². The van der Waals surface area contributed by atoms with Crippen molar-refractivity contribution in [3.8, 4) is 11.5 Å². The summed E-state index contributed by atoms with van der Waals surface area (Å²) in [6.07, 6.45) is 4.33. The van der Waals surface area contributed by atoms with Crippen LogP contribution in [0.15, 0.2) is 35.5 Å². The maximum absolute atomic E-state index is 12.4. The van der Waals surface area contributed by atoms with Crippen LogP contribution in [-0.4, -0.2) is 39.0 Å². The molecule has 1 N–H and O–H groups in total. The third-order valence-corrected chi connectivity index (χ3v) is 4.78. The van der Waals surface area contributed by atoms with E-state index in [1.165, 1.54) is 20.3 Å². The number of methoxy groups -OCH3 is 2. The molecule has 0 fully saturated rings. The highest BCUT2D eigenvalue weighted by atomic mass is 32.2. The van der Waals surface area contributed by atoms with Gasteiger partial charge in [0.25, 0.3) is 0 Å². The minimum absolute atomic E-state index is 0.0933. The first-order valence-electron chi connectivity index (χ1n) is 7.17. The van der Waals surface area contributed by atoms with E-state index in [2.05, 4.69) is 9.82 Å². The molecule has 0 unspecified atom stereocenters. The summed E-state index contributed by atoms with van der Waals surface area (Å²) in [5.41, 5.74) is 1.08. The van der Waals surface area contributed by atoms with Gasteiger partial charge in [-0.05, 0) is 31.0 Å². The molecule has 1 aromatic carbocycles. The molecule has 0 radical (unpaired) electrons. The fraction of sp³-hybridized carbons (Fsp3) is 0.400. The highest BCUT2D eigenvalue weighted by Gasteiger charge is 2.19. The van der Waals surface area contributed by atoms with Gasteiger partial charge in [-0.2, -0.15) is 5.10 Å². The summed E-state index contributed by atoms with van der Waals surface area (Å²) >= 11 is 0. The van der Waals surface area contributed by atoms with Crippen LogP contribution in [0.4, 0.5) is 0 Å². The molecule has 0 aliphatic heterocycles. The van der Waals surface area contributed by atoms with Crippen LogP contribution < -0.4 is 14.2 Å². The van der Waals surface area contributed by atoms with Crippen LogP contribution in [0.3, 0.4) is 0 Å². The Morgan fingerprint density at radius 2 is 2.04 bits per heavy atom. The van der Waals surface area contributed by atoms with Gasteiger partial charge < -0.3 is 9.47 Å². The lowest BCUT2D eigenvalue weighted by molar-refractivity contribution is 0.386. The van der Waals surface area contributed by atoms with Gasteiger partial charge in [-0.1, -0.05) is 0 Å². The first-order valence-corrected chi connectivity index (χ1v) is 8.65. The van der Waals surface area contributed by atoms with E-state index in [0.29, 0.717) is 25.3 Å². The monoisotopic (exact) mass is 339 g/mol. The molecule has 0 spiro atoms. The van der Waals surface area contributed by atoms with E-state index in [-0.39, 0.29) is 10.6 Å². The molecule has 126 valence electrons. The van der Waals surface area contributed by atoms with Crippen molar-refractivity contribution in [2.45, 2.75) is 24.8 Å². The van der Waals surface area contributed by atoms with Crippen LogP contribution in [0.5, 0.6) is 11.5 Å². The van der Waals surface area contributed by atoms with Gasteiger partial charge in [0.2, 0.25) is 10.0 Å². The summed E-state index contributed by atoms with van der Waals surface area (Å²) in [7, 11) is -0.701. The fourth-order valence-electron chi connectivity index (χ4n) is 2.11. The van der Waals surface area contributed by atoms with Crippen molar-refractivity contribution in [1.82, 2.24) is 14.5 Å². The van der Waals surface area contributed by atoms with E-state index in [1.54, 1.807) is 23.0 Å². The largest absolute Gasteiger partial charge is 0.497 e. The van der Waals surface area contributed by atoms with Gasteiger partial charge in [0.05, 0.1) is 20.4 Å². The predicted molar refractivity (Wildman–Crippen MR) is 86.3 cm³/mol. The van der Waals surface area contributed by atoms with Crippen molar-refractivity contribution >= 4 is 10.0 Å². The minimum Gasteiger partial charge on any atom is -0.497 e. The molecule has 0 aliphatic carbocycles. The van der Waals surface area contributed by atoms with Crippen LogP contribution >= 0.6 is 0 Å². The van der Waals surface area contributed by atoms with Gasteiger partial charge in [-0.15, -0.1) is 0 Å². The molecule has 2 aromatic rings. The third kappa shape index (κ3) is 4.46. The van der Waals surface area contributed by atoms with Crippen molar-refractivity contribution < 1.29 is 17.9 Å². The number of nitrogens with zero attached hydrogens (tertiary/aromatic N) is 2. The first-order chi connectivity index (χ1) is 11.0. The predicted octanol–water partition coefficient (Wildman–Crippen LogP) is 1.58. The van der Waals surface area contributed by atoms with Gasteiger partial charge in [0.1, 0.15) is 16.4 Å². The Labute approximate surface area is 136 Å². The van der Waals surface area contributed by atoms with Crippen LogP contribution in [-0.2, 0) is 16.6 Å². The zero-order chi connectivity index (χ0) is 16.9. The van der Waals surface area contributed by atoms with Gasteiger partial charge >= 0.3 is 0 Å². The van der Waals surface area contributed by atoms with Gasteiger partial charge in [0.15, 0.2) is 0 Å². The highest BCUT2D eigenvalue weighted by Crippen LogP contribution is 2.28. The Morgan fingerprint density at radius 1 is 1.26 bits per heavy atom. The second kappa shape index (κ2) is 7.47. The maximum atomic E-state index is 12.4. The Balaban J connectivity index is 1.98. The van der Waals surface area contributed by atoms with E-state index in [9.17, 15) is 8.42 Å². The maximum Gasteiger partial charge on any atom is 0.244 e. The number of rotatable bonds is 8. The lowest BCUT2D eigenvalue weighted by Crippen LogP contribution is -2.26. The molecule has 0 bridgehead atoms. The van der Waals surface area contributed by atoms with Crippen LogP contribution in [0, 0.1) is 6.92 Å². The molecule has 1 heterocycles. The summed E-state index contributed by atoms with van der Waals surface area (Å²) < 4.78 is 39.3. The number of sulfonamides is 1. The summed E-state index contributed by atoms with van der Waals surface area (Å²) in [6, 6.07) is 4.60. The third-order valence-electron chi connectivity index (χ3n) is 3.28. The van der Waals surface area contributed by atoms with Gasteiger partial charge in [-0.3, -0.25) is 4.68 Å². The zero-order valence-corrected chi connectivity index (χ0v) is 14.3. The Morgan fingerprint density at radius 3 is 2.65 bits per heavy atom. The second-order valence-electron chi connectivity index (χ2n) is 5.05. The van der Waals surface area contributed by atoms with Gasteiger partial charge in [-0.25, -0.2) is 13.1 Å². The minimum atomic E-state index is -3.64. The fourth-order valence-corrected chi connectivity index (χ4v) is 3.33. The smallest absolute Gasteiger partial charge is 0.244 e. The van der Waals surface area contributed by atoms with Crippen LogP contribution in [0.25, 0.3) is 0 Å². The van der Waals surface area contributed by atoms with E-state index in [1.807, 2.05) is 13.1 Å². The number of hydrogen-bond acceptors (Lipinski definition) is 5. The molecular formula is C15H21N3O4S. The molecule has 0 saturated heterocycles. The summed E-state index contributed by atoms with van der Waals surface area (Å²) in [5, 5.41) is 4.16. The van der Waals surface area contributed by atoms with Crippen molar-refractivity contribution in [3.63, 3.8) is 0 Å². The molecule has 0 amide bonds. The van der Waals surface area contributed by atoms with Crippen LogP contribution in [0.1, 0.15) is 12.0 Å². The number of benzene rings is 1. The topological polar surface area (TPSA) is 82.5 Å². The number of nitrogens with one attached hydrogen (secondary N) is 1. The van der Waals surface area contributed by atoms with E-state index >= 15 is 0 Å². The highest BCUT2D eigenvalue weighted by molar-refractivity contribution is 7.89. The summed E-state index contributed by atoms with van der Waals surface area (Å²) in [5.74, 6) is 0.786. The lowest BCUT2D eigenvalue weighted by atomic mass is 10.3. The molecular weight excluding hydrogens is 318 g/mol. The van der Waals surface area contributed by atoms with Crippen molar-refractivity contribution in [1.29, 1.82) is 0 Å². The quantitative estimate of drug-likeness (QED) is 0.738.